The van der Waals surface area contributed by atoms with Gasteiger partial charge in [0.2, 0.25) is 0 Å². The number of ether oxygens (including phenoxy) is 1. The summed E-state index contributed by atoms with van der Waals surface area (Å²) in [7, 11) is 1.75. The Labute approximate surface area is 113 Å². The van der Waals surface area contributed by atoms with Crippen molar-refractivity contribution in [3.63, 3.8) is 0 Å². The van der Waals surface area contributed by atoms with Gasteiger partial charge in [-0.15, -0.1) is 0 Å². The molecule has 0 radical (unpaired) electrons. The Kier molecular flexibility index (Phi) is 4.45. The van der Waals surface area contributed by atoms with Crippen molar-refractivity contribution in [2.45, 2.75) is 63.0 Å². The Bertz CT molecular complexity index is 343. The van der Waals surface area contributed by atoms with Gasteiger partial charge in [-0.1, -0.05) is 19.3 Å². The predicted octanol–water partition coefficient (Wildman–Crippen LogP) is 1.80. The van der Waals surface area contributed by atoms with Gasteiger partial charge in [0.05, 0.1) is 12.0 Å². The molecule has 1 aliphatic heterocycles. The summed E-state index contributed by atoms with van der Waals surface area (Å²) in [6.07, 6.45) is 6.04. The lowest BCUT2D eigenvalue weighted by Crippen LogP contribution is -2.54. The number of hydrogen-bond donors (Lipinski definition) is 1. The van der Waals surface area contributed by atoms with Crippen molar-refractivity contribution in [1.29, 1.82) is 0 Å². The van der Waals surface area contributed by atoms with E-state index >= 15 is 0 Å². The number of amides is 1. The molecule has 0 spiro atoms. The molecule has 1 heterocycles. The molecule has 0 aromatic rings. The largest absolute Gasteiger partial charge is 0.481 e. The summed E-state index contributed by atoms with van der Waals surface area (Å²) in [5.74, 6) is -0.866. The fourth-order valence-corrected chi connectivity index (χ4v) is 3.34. The smallest absolute Gasteiger partial charge is 0.305 e. The highest BCUT2D eigenvalue weighted by atomic mass is 16.5. The van der Waals surface area contributed by atoms with E-state index in [9.17, 15) is 9.59 Å². The Hall–Kier alpha value is -1.10. The minimum absolute atomic E-state index is 0.0411. The van der Waals surface area contributed by atoms with E-state index in [-0.39, 0.29) is 18.4 Å². The SMILES string of the molecule is CN(C(=O)[C@@H]1CCCO1)C1(CC(=O)O)CCCCC1. The molecule has 19 heavy (non-hydrogen) atoms. The molecule has 5 heteroatoms. The molecular formula is C14H23NO4. The molecule has 0 aromatic heterocycles. The molecule has 108 valence electrons. The highest BCUT2D eigenvalue weighted by Crippen LogP contribution is 2.36. The number of carbonyl (C=O) groups is 2. The highest BCUT2D eigenvalue weighted by molar-refractivity contribution is 5.82. The molecule has 0 aromatic carbocycles. The minimum Gasteiger partial charge on any atom is -0.481 e. The summed E-state index contributed by atoms with van der Waals surface area (Å²) in [5, 5.41) is 9.16. The monoisotopic (exact) mass is 269 g/mol. The van der Waals surface area contributed by atoms with Crippen LogP contribution < -0.4 is 0 Å². The van der Waals surface area contributed by atoms with Gasteiger partial charge in [-0.2, -0.15) is 0 Å². The summed E-state index contributed by atoms with van der Waals surface area (Å²) in [6.45, 7) is 0.635. The molecule has 1 amide bonds. The zero-order valence-electron chi connectivity index (χ0n) is 11.6. The van der Waals surface area contributed by atoms with Gasteiger partial charge in [0.25, 0.3) is 5.91 Å². The number of hydrogen-bond acceptors (Lipinski definition) is 3. The van der Waals surface area contributed by atoms with Crippen LogP contribution >= 0.6 is 0 Å². The fraction of sp³-hybridized carbons (Fsp3) is 0.857. The van der Waals surface area contributed by atoms with Crippen LogP contribution in [-0.2, 0) is 14.3 Å². The number of rotatable bonds is 4. The maximum absolute atomic E-state index is 12.4. The molecule has 2 aliphatic rings. The topological polar surface area (TPSA) is 66.8 Å². The van der Waals surface area contributed by atoms with Crippen LogP contribution in [0.1, 0.15) is 51.4 Å². The van der Waals surface area contributed by atoms with E-state index in [0.29, 0.717) is 6.61 Å². The Morgan fingerprint density at radius 1 is 1.26 bits per heavy atom. The first kappa shape index (κ1) is 14.3. The predicted molar refractivity (Wildman–Crippen MR) is 69.8 cm³/mol. The van der Waals surface area contributed by atoms with E-state index in [4.69, 9.17) is 9.84 Å². The van der Waals surface area contributed by atoms with Crippen LogP contribution in [0, 0.1) is 0 Å². The summed E-state index contributed by atoms with van der Waals surface area (Å²) < 4.78 is 5.44. The molecular weight excluding hydrogens is 246 g/mol. The van der Waals surface area contributed by atoms with E-state index in [2.05, 4.69) is 0 Å². The van der Waals surface area contributed by atoms with Crippen molar-refractivity contribution in [2.24, 2.45) is 0 Å². The maximum Gasteiger partial charge on any atom is 0.305 e. The lowest BCUT2D eigenvalue weighted by atomic mass is 9.78. The minimum atomic E-state index is -0.825. The Morgan fingerprint density at radius 2 is 1.95 bits per heavy atom. The quantitative estimate of drug-likeness (QED) is 0.845. The van der Waals surface area contributed by atoms with E-state index in [1.165, 1.54) is 0 Å². The van der Waals surface area contributed by atoms with Gasteiger partial charge in [0.15, 0.2) is 0 Å². The third-order valence-electron chi connectivity index (χ3n) is 4.51. The third kappa shape index (κ3) is 3.08. The molecule has 1 aliphatic carbocycles. The zero-order chi connectivity index (χ0) is 13.9. The van der Waals surface area contributed by atoms with Gasteiger partial charge < -0.3 is 14.7 Å². The zero-order valence-corrected chi connectivity index (χ0v) is 11.6. The molecule has 1 N–H and O–H groups in total. The number of carboxylic acids is 1. The Balaban J connectivity index is 2.11. The first-order valence-electron chi connectivity index (χ1n) is 7.16. The van der Waals surface area contributed by atoms with E-state index < -0.39 is 11.5 Å². The summed E-state index contributed by atoms with van der Waals surface area (Å²) in [6, 6.07) is 0. The van der Waals surface area contributed by atoms with Gasteiger partial charge in [-0.3, -0.25) is 9.59 Å². The van der Waals surface area contributed by atoms with Gasteiger partial charge in [-0.05, 0) is 25.7 Å². The van der Waals surface area contributed by atoms with Crippen LogP contribution in [0.5, 0.6) is 0 Å². The molecule has 5 nitrogen and oxygen atoms in total. The lowest BCUT2D eigenvalue weighted by molar-refractivity contribution is -0.151. The second-order valence-corrected chi connectivity index (χ2v) is 5.75. The van der Waals surface area contributed by atoms with Crippen LogP contribution in [0.3, 0.4) is 0 Å². The number of carbonyl (C=O) groups excluding carboxylic acids is 1. The number of nitrogens with zero attached hydrogens (tertiary/aromatic N) is 1. The molecule has 1 atom stereocenters. The van der Waals surface area contributed by atoms with Gasteiger partial charge in [0.1, 0.15) is 6.10 Å². The third-order valence-corrected chi connectivity index (χ3v) is 4.51. The van der Waals surface area contributed by atoms with Crippen molar-refractivity contribution >= 4 is 11.9 Å². The average molecular weight is 269 g/mol. The normalized spacial score (nSPS) is 26.1. The van der Waals surface area contributed by atoms with Crippen molar-refractivity contribution in [1.82, 2.24) is 4.90 Å². The van der Waals surface area contributed by atoms with Crippen molar-refractivity contribution in [2.75, 3.05) is 13.7 Å². The van der Waals surface area contributed by atoms with Crippen LogP contribution in [-0.4, -0.2) is 47.2 Å². The van der Waals surface area contributed by atoms with Crippen LogP contribution in [0.2, 0.25) is 0 Å². The van der Waals surface area contributed by atoms with Crippen LogP contribution in [0.25, 0.3) is 0 Å². The fourth-order valence-electron chi connectivity index (χ4n) is 3.34. The Morgan fingerprint density at radius 3 is 2.47 bits per heavy atom. The molecule has 2 fully saturated rings. The molecule has 2 rings (SSSR count). The van der Waals surface area contributed by atoms with Gasteiger partial charge in [-0.25, -0.2) is 0 Å². The maximum atomic E-state index is 12.4. The average Bonchev–Trinajstić information content (AvgIpc) is 2.91. The summed E-state index contributed by atoms with van der Waals surface area (Å²) in [4.78, 5) is 25.3. The lowest BCUT2D eigenvalue weighted by Gasteiger charge is -2.44. The standard InChI is InChI=1S/C14H23NO4/c1-15(13(18)11-6-5-9-19-11)14(10-12(16)17)7-3-2-4-8-14/h11H,2-10H2,1H3,(H,16,17)/t11-/m0/s1. The van der Waals surface area contributed by atoms with Crippen LogP contribution in [0.4, 0.5) is 0 Å². The first-order valence-corrected chi connectivity index (χ1v) is 7.16. The van der Waals surface area contributed by atoms with Crippen molar-refractivity contribution in [3.05, 3.63) is 0 Å². The summed E-state index contributed by atoms with van der Waals surface area (Å²) in [5.41, 5.74) is -0.507. The highest BCUT2D eigenvalue weighted by Gasteiger charge is 2.42. The molecule has 0 unspecified atom stereocenters. The molecule has 1 saturated carbocycles. The van der Waals surface area contributed by atoms with Crippen molar-refractivity contribution < 1.29 is 19.4 Å². The second kappa shape index (κ2) is 5.90. The molecule has 0 bridgehead atoms. The number of likely N-dealkylation sites (N-methyl/N-ethyl adjacent to an activating group) is 1. The van der Waals surface area contributed by atoms with Gasteiger partial charge >= 0.3 is 5.97 Å². The summed E-state index contributed by atoms with van der Waals surface area (Å²) >= 11 is 0. The van der Waals surface area contributed by atoms with Gasteiger partial charge in [0, 0.05) is 13.7 Å². The van der Waals surface area contributed by atoms with E-state index in [0.717, 1.165) is 44.9 Å². The van der Waals surface area contributed by atoms with E-state index in [1.807, 2.05) is 0 Å². The first-order chi connectivity index (χ1) is 9.05. The van der Waals surface area contributed by atoms with E-state index in [1.54, 1.807) is 11.9 Å². The number of carboxylic acid groups (broad SMARTS) is 1. The molecule has 1 saturated heterocycles. The number of aliphatic carboxylic acids is 1. The van der Waals surface area contributed by atoms with Crippen molar-refractivity contribution in [3.8, 4) is 0 Å². The second-order valence-electron chi connectivity index (χ2n) is 5.75. The van der Waals surface area contributed by atoms with Crippen LogP contribution in [0.15, 0.2) is 0 Å².